The van der Waals surface area contributed by atoms with Gasteiger partial charge in [-0.2, -0.15) is 0 Å². The lowest BCUT2D eigenvalue weighted by Crippen LogP contribution is -1.92. The second-order valence-corrected chi connectivity index (χ2v) is 3.02. The molecule has 2 N–H and O–H groups in total. The van der Waals surface area contributed by atoms with Gasteiger partial charge >= 0.3 is 0 Å². The molecule has 0 spiro atoms. The summed E-state index contributed by atoms with van der Waals surface area (Å²) >= 11 is 0. The van der Waals surface area contributed by atoms with E-state index in [0.29, 0.717) is 0 Å². The third kappa shape index (κ3) is 6.13. The van der Waals surface area contributed by atoms with Crippen LogP contribution in [0.2, 0.25) is 0 Å². The Kier molecular flexibility index (Phi) is 6.72. The third-order valence-corrected chi connectivity index (χ3v) is 1.60. The minimum Gasteiger partial charge on any atom is -0.392 e. The van der Waals surface area contributed by atoms with Gasteiger partial charge in [-0.25, -0.2) is 0 Å². The number of hydrogen-bond donors (Lipinski definition) is 2. The first kappa shape index (κ1) is 11.4. The molecule has 0 radical (unpaired) electrons. The van der Waals surface area contributed by atoms with E-state index < -0.39 is 0 Å². The normalized spacial score (nSPS) is 11.5. The van der Waals surface area contributed by atoms with E-state index in [1.54, 1.807) is 6.08 Å². The summed E-state index contributed by atoms with van der Waals surface area (Å²) in [7, 11) is 0. The Balaban J connectivity index is 3.74. The van der Waals surface area contributed by atoms with Gasteiger partial charge in [-0.3, -0.25) is 0 Å². The van der Waals surface area contributed by atoms with Crippen molar-refractivity contribution in [1.82, 2.24) is 0 Å². The Morgan fingerprint density at radius 3 is 2.25 bits per heavy atom. The van der Waals surface area contributed by atoms with Crippen molar-refractivity contribution < 1.29 is 10.2 Å². The zero-order chi connectivity index (χ0) is 9.40. The van der Waals surface area contributed by atoms with Gasteiger partial charge in [0.15, 0.2) is 0 Å². The van der Waals surface area contributed by atoms with E-state index in [1.807, 2.05) is 13.8 Å². The molecule has 0 aliphatic carbocycles. The number of aliphatic hydroxyl groups excluding tert-OH is 2. The van der Waals surface area contributed by atoms with Crippen molar-refractivity contribution in [2.24, 2.45) is 0 Å². The lowest BCUT2D eigenvalue weighted by molar-refractivity contribution is 0.315. The van der Waals surface area contributed by atoms with Crippen LogP contribution in [0.3, 0.4) is 0 Å². The van der Waals surface area contributed by atoms with Gasteiger partial charge in [-0.1, -0.05) is 17.7 Å². The zero-order valence-corrected chi connectivity index (χ0v) is 7.88. The maximum atomic E-state index is 8.82. The fraction of sp³-hybridized carbons (Fsp3) is 0.600. The smallest absolute Gasteiger partial charge is 0.0642 e. The molecule has 0 aliphatic heterocycles. The number of hydrogen-bond acceptors (Lipinski definition) is 2. The summed E-state index contributed by atoms with van der Waals surface area (Å²) in [5.41, 5.74) is 2.20. The molecule has 0 fully saturated rings. The molecular formula is C10H18O2. The van der Waals surface area contributed by atoms with Crippen molar-refractivity contribution in [2.75, 3.05) is 13.2 Å². The molecule has 0 saturated carbocycles. The molecular weight excluding hydrogens is 152 g/mol. The van der Waals surface area contributed by atoms with E-state index in [4.69, 9.17) is 10.2 Å². The van der Waals surface area contributed by atoms with Gasteiger partial charge in [-0.05, 0) is 32.3 Å². The van der Waals surface area contributed by atoms with Gasteiger partial charge in [0.1, 0.15) is 0 Å². The molecule has 2 nitrogen and oxygen atoms in total. The van der Waals surface area contributed by atoms with E-state index in [9.17, 15) is 0 Å². The largest absolute Gasteiger partial charge is 0.392 e. The quantitative estimate of drug-likeness (QED) is 0.616. The molecule has 0 unspecified atom stereocenters. The van der Waals surface area contributed by atoms with Gasteiger partial charge in [0.2, 0.25) is 0 Å². The van der Waals surface area contributed by atoms with Gasteiger partial charge in [-0.15, -0.1) is 0 Å². The molecule has 0 amide bonds. The van der Waals surface area contributed by atoms with Gasteiger partial charge in [0, 0.05) is 0 Å². The van der Waals surface area contributed by atoms with E-state index in [0.717, 1.165) is 18.4 Å². The van der Waals surface area contributed by atoms with Gasteiger partial charge in [0.05, 0.1) is 13.2 Å². The Labute approximate surface area is 74.2 Å². The number of rotatable bonds is 5. The lowest BCUT2D eigenvalue weighted by atomic mass is 10.1. The van der Waals surface area contributed by atoms with Crippen LogP contribution in [-0.4, -0.2) is 23.4 Å². The maximum absolute atomic E-state index is 8.82. The maximum Gasteiger partial charge on any atom is 0.0642 e. The standard InChI is InChI=1S/C10H18O2/c1-9(2)4-3-5-10(8-12)6-7-11/h4,6,11-12H,3,5,7-8H2,1-2H3. The van der Waals surface area contributed by atoms with Crippen molar-refractivity contribution >= 4 is 0 Å². The Morgan fingerprint density at radius 2 is 1.83 bits per heavy atom. The second kappa shape index (κ2) is 7.07. The van der Waals surface area contributed by atoms with Crippen LogP contribution < -0.4 is 0 Å². The fourth-order valence-electron chi connectivity index (χ4n) is 0.921. The summed E-state index contributed by atoms with van der Waals surface area (Å²) in [5, 5.41) is 17.4. The number of allylic oxidation sites excluding steroid dienone is 2. The summed E-state index contributed by atoms with van der Waals surface area (Å²) in [6.45, 7) is 4.17. The molecule has 0 atom stereocenters. The Morgan fingerprint density at radius 1 is 1.17 bits per heavy atom. The molecule has 2 heteroatoms. The summed E-state index contributed by atoms with van der Waals surface area (Å²) in [5.74, 6) is 0. The predicted molar refractivity (Wildman–Crippen MR) is 50.9 cm³/mol. The minimum atomic E-state index is 0.0186. The molecule has 0 heterocycles. The second-order valence-electron chi connectivity index (χ2n) is 3.02. The van der Waals surface area contributed by atoms with Crippen LogP contribution in [0.25, 0.3) is 0 Å². The summed E-state index contributed by atoms with van der Waals surface area (Å²) in [4.78, 5) is 0. The molecule has 0 aliphatic rings. The molecule has 12 heavy (non-hydrogen) atoms. The predicted octanol–water partition coefficient (Wildman–Crippen LogP) is 1.64. The van der Waals surface area contributed by atoms with Crippen LogP contribution in [0.1, 0.15) is 26.7 Å². The van der Waals surface area contributed by atoms with Crippen molar-refractivity contribution in [2.45, 2.75) is 26.7 Å². The van der Waals surface area contributed by atoms with Gasteiger partial charge in [0.25, 0.3) is 0 Å². The summed E-state index contributed by atoms with van der Waals surface area (Å²) in [6, 6.07) is 0. The van der Waals surface area contributed by atoms with Crippen LogP contribution in [0, 0.1) is 0 Å². The molecule has 0 bridgehead atoms. The SMILES string of the molecule is CC(C)=CCCC(=CCO)CO. The van der Waals surface area contributed by atoms with Crippen LogP contribution in [0.4, 0.5) is 0 Å². The third-order valence-electron chi connectivity index (χ3n) is 1.60. The highest BCUT2D eigenvalue weighted by Gasteiger charge is 1.92. The Bertz CT molecular complexity index is 165. The first-order valence-corrected chi connectivity index (χ1v) is 4.23. The van der Waals surface area contributed by atoms with Crippen molar-refractivity contribution in [3.8, 4) is 0 Å². The highest BCUT2D eigenvalue weighted by atomic mass is 16.3. The van der Waals surface area contributed by atoms with E-state index in [1.165, 1.54) is 5.57 Å². The molecule has 0 aromatic rings. The van der Waals surface area contributed by atoms with Crippen molar-refractivity contribution in [3.63, 3.8) is 0 Å². The Hall–Kier alpha value is -0.600. The fourth-order valence-corrected chi connectivity index (χ4v) is 0.921. The average molecular weight is 170 g/mol. The molecule has 0 rings (SSSR count). The van der Waals surface area contributed by atoms with E-state index >= 15 is 0 Å². The topological polar surface area (TPSA) is 40.5 Å². The lowest BCUT2D eigenvalue weighted by Gasteiger charge is -2.00. The molecule has 0 aromatic carbocycles. The first-order valence-electron chi connectivity index (χ1n) is 4.23. The van der Waals surface area contributed by atoms with Crippen LogP contribution in [0.5, 0.6) is 0 Å². The van der Waals surface area contributed by atoms with E-state index in [-0.39, 0.29) is 13.2 Å². The minimum absolute atomic E-state index is 0.0186. The monoisotopic (exact) mass is 170 g/mol. The van der Waals surface area contributed by atoms with Crippen molar-refractivity contribution in [3.05, 3.63) is 23.3 Å². The average Bonchev–Trinajstić information content (AvgIpc) is 2.02. The highest BCUT2D eigenvalue weighted by molar-refractivity contribution is 5.04. The zero-order valence-electron chi connectivity index (χ0n) is 7.88. The van der Waals surface area contributed by atoms with Gasteiger partial charge < -0.3 is 10.2 Å². The summed E-state index contributed by atoms with van der Waals surface area (Å²) in [6.07, 6.45) is 5.57. The molecule has 0 saturated heterocycles. The molecule has 70 valence electrons. The summed E-state index contributed by atoms with van der Waals surface area (Å²) < 4.78 is 0. The van der Waals surface area contributed by atoms with E-state index in [2.05, 4.69) is 6.08 Å². The highest BCUT2D eigenvalue weighted by Crippen LogP contribution is 2.06. The van der Waals surface area contributed by atoms with Crippen LogP contribution in [-0.2, 0) is 0 Å². The number of aliphatic hydroxyl groups is 2. The van der Waals surface area contributed by atoms with Crippen LogP contribution >= 0.6 is 0 Å². The molecule has 0 aromatic heterocycles. The first-order chi connectivity index (χ1) is 5.70. The van der Waals surface area contributed by atoms with Crippen molar-refractivity contribution in [1.29, 1.82) is 0 Å². The van der Waals surface area contributed by atoms with Crippen LogP contribution in [0.15, 0.2) is 23.3 Å².